The Bertz CT molecular complexity index is 307. The van der Waals surface area contributed by atoms with Gasteiger partial charge in [-0.15, -0.1) is 0 Å². The number of anilines is 1. The van der Waals surface area contributed by atoms with Crippen LogP contribution in [0.1, 0.15) is 19.8 Å². The number of aromatic nitrogens is 1. The second-order valence-electron chi connectivity index (χ2n) is 3.75. The van der Waals surface area contributed by atoms with E-state index in [0.29, 0.717) is 0 Å². The fourth-order valence-corrected chi connectivity index (χ4v) is 3.54. The van der Waals surface area contributed by atoms with Crippen molar-refractivity contribution in [3.63, 3.8) is 0 Å². The standard InChI is InChI=1S/C9H12Br2N2S/c1-6-3-2-4-13(5-6)9-12-7(10)8(11)14-9/h6H,2-5H2,1H3. The zero-order valence-corrected chi connectivity index (χ0v) is 12.0. The van der Waals surface area contributed by atoms with Crippen LogP contribution < -0.4 is 4.90 Å². The van der Waals surface area contributed by atoms with Crippen molar-refractivity contribution in [2.24, 2.45) is 5.92 Å². The Morgan fingerprint density at radius 1 is 1.50 bits per heavy atom. The van der Waals surface area contributed by atoms with Gasteiger partial charge >= 0.3 is 0 Å². The molecule has 2 rings (SSSR count). The molecule has 78 valence electrons. The first-order valence-electron chi connectivity index (χ1n) is 4.73. The molecule has 0 bridgehead atoms. The van der Waals surface area contributed by atoms with Gasteiger partial charge in [-0.25, -0.2) is 4.98 Å². The second kappa shape index (κ2) is 4.49. The van der Waals surface area contributed by atoms with Crippen LogP contribution in [0.4, 0.5) is 5.13 Å². The summed E-state index contributed by atoms with van der Waals surface area (Å²) in [6.45, 7) is 4.60. The number of nitrogens with zero attached hydrogens (tertiary/aromatic N) is 2. The van der Waals surface area contributed by atoms with Crippen LogP contribution in [0, 0.1) is 5.92 Å². The van der Waals surface area contributed by atoms with Crippen molar-refractivity contribution >= 4 is 48.3 Å². The molecule has 14 heavy (non-hydrogen) atoms. The van der Waals surface area contributed by atoms with Gasteiger partial charge in [0.2, 0.25) is 0 Å². The van der Waals surface area contributed by atoms with E-state index in [1.54, 1.807) is 11.3 Å². The Morgan fingerprint density at radius 2 is 2.29 bits per heavy atom. The summed E-state index contributed by atoms with van der Waals surface area (Å²) in [4.78, 5) is 6.87. The molecular weight excluding hydrogens is 328 g/mol. The van der Waals surface area contributed by atoms with Crippen LogP contribution in [0.25, 0.3) is 0 Å². The minimum atomic E-state index is 0.796. The Labute approximate surface area is 105 Å². The number of halogens is 2. The topological polar surface area (TPSA) is 16.1 Å². The van der Waals surface area contributed by atoms with Gasteiger partial charge in [-0.05, 0) is 50.6 Å². The molecule has 0 saturated carbocycles. The van der Waals surface area contributed by atoms with Crippen molar-refractivity contribution in [2.75, 3.05) is 18.0 Å². The van der Waals surface area contributed by atoms with E-state index in [2.05, 4.69) is 48.7 Å². The van der Waals surface area contributed by atoms with Crippen LogP contribution in [-0.2, 0) is 0 Å². The lowest BCUT2D eigenvalue weighted by Gasteiger charge is -2.30. The van der Waals surface area contributed by atoms with Gasteiger partial charge in [-0.1, -0.05) is 18.3 Å². The molecule has 1 aromatic heterocycles. The largest absolute Gasteiger partial charge is 0.348 e. The Balaban J connectivity index is 2.14. The lowest BCUT2D eigenvalue weighted by molar-refractivity contribution is 0.446. The summed E-state index contributed by atoms with van der Waals surface area (Å²) >= 11 is 8.61. The maximum atomic E-state index is 4.48. The lowest BCUT2D eigenvalue weighted by Crippen LogP contribution is -2.34. The maximum absolute atomic E-state index is 4.48. The van der Waals surface area contributed by atoms with E-state index in [9.17, 15) is 0 Å². The number of hydrogen-bond acceptors (Lipinski definition) is 3. The molecule has 0 spiro atoms. The Hall–Kier alpha value is 0.390. The Morgan fingerprint density at radius 3 is 2.86 bits per heavy atom. The summed E-state index contributed by atoms with van der Waals surface area (Å²) < 4.78 is 2.02. The third-order valence-electron chi connectivity index (χ3n) is 2.46. The Kier molecular flexibility index (Phi) is 3.50. The van der Waals surface area contributed by atoms with Crippen LogP contribution in [0.3, 0.4) is 0 Å². The number of piperidine rings is 1. The van der Waals surface area contributed by atoms with E-state index in [-0.39, 0.29) is 0 Å². The molecule has 1 aliphatic heterocycles. The average molecular weight is 340 g/mol. The average Bonchev–Trinajstić information content (AvgIpc) is 2.47. The first-order valence-corrected chi connectivity index (χ1v) is 7.14. The summed E-state index contributed by atoms with van der Waals surface area (Å²) in [5, 5.41) is 1.13. The molecule has 1 saturated heterocycles. The van der Waals surface area contributed by atoms with Gasteiger partial charge in [0.05, 0.1) is 0 Å². The van der Waals surface area contributed by atoms with Crippen molar-refractivity contribution in [3.8, 4) is 0 Å². The molecule has 0 radical (unpaired) electrons. The summed E-state index contributed by atoms with van der Waals surface area (Å²) in [6.07, 6.45) is 2.64. The molecule has 0 amide bonds. The van der Waals surface area contributed by atoms with E-state index in [1.165, 1.54) is 12.8 Å². The summed E-state index contributed by atoms with van der Waals surface area (Å²) in [5.74, 6) is 0.796. The third kappa shape index (κ3) is 2.31. The monoisotopic (exact) mass is 338 g/mol. The van der Waals surface area contributed by atoms with Crippen LogP contribution in [0.5, 0.6) is 0 Å². The van der Waals surface area contributed by atoms with E-state index < -0.39 is 0 Å². The van der Waals surface area contributed by atoms with E-state index in [1.807, 2.05) is 0 Å². The predicted octanol–water partition coefficient (Wildman–Crippen LogP) is 3.90. The lowest BCUT2D eigenvalue weighted by atomic mass is 10.0. The minimum Gasteiger partial charge on any atom is -0.348 e. The molecule has 0 aromatic carbocycles. The highest BCUT2D eigenvalue weighted by Crippen LogP contribution is 2.35. The zero-order valence-electron chi connectivity index (χ0n) is 7.96. The molecule has 1 fully saturated rings. The van der Waals surface area contributed by atoms with Gasteiger partial charge < -0.3 is 4.90 Å². The summed E-state index contributed by atoms with van der Waals surface area (Å²) in [7, 11) is 0. The highest BCUT2D eigenvalue weighted by atomic mass is 79.9. The van der Waals surface area contributed by atoms with E-state index >= 15 is 0 Å². The third-order valence-corrected chi connectivity index (χ3v) is 5.60. The molecule has 2 heterocycles. The van der Waals surface area contributed by atoms with Crippen molar-refractivity contribution in [1.29, 1.82) is 0 Å². The molecule has 1 atom stereocenters. The molecule has 1 aromatic rings. The van der Waals surface area contributed by atoms with Gasteiger partial charge in [0.1, 0.15) is 8.39 Å². The van der Waals surface area contributed by atoms with Crippen LogP contribution >= 0.6 is 43.2 Å². The van der Waals surface area contributed by atoms with Gasteiger partial charge in [-0.2, -0.15) is 0 Å². The van der Waals surface area contributed by atoms with Crippen molar-refractivity contribution < 1.29 is 0 Å². The molecule has 0 N–H and O–H groups in total. The second-order valence-corrected chi connectivity index (χ2v) is 6.80. The molecule has 0 aliphatic carbocycles. The molecule has 2 nitrogen and oxygen atoms in total. The minimum absolute atomic E-state index is 0.796. The molecule has 1 unspecified atom stereocenters. The highest BCUT2D eigenvalue weighted by Gasteiger charge is 2.19. The first kappa shape index (κ1) is 10.9. The van der Waals surface area contributed by atoms with Gasteiger partial charge in [0.25, 0.3) is 0 Å². The molecular formula is C9H12Br2N2S. The quantitative estimate of drug-likeness (QED) is 0.771. The van der Waals surface area contributed by atoms with Gasteiger partial charge in [0.15, 0.2) is 5.13 Å². The normalized spacial score (nSPS) is 22.8. The van der Waals surface area contributed by atoms with Gasteiger partial charge in [-0.3, -0.25) is 0 Å². The van der Waals surface area contributed by atoms with E-state index in [0.717, 1.165) is 32.5 Å². The predicted molar refractivity (Wildman–Crippen MR) is 68.1 cm³/mol. The van der Waals surface area contributed by atoms with Crippen LogP contribution in [0.2, 0.25) is 0 Å². The van der Waals surface area contributed by atoms with Crippen LogP contribution in [-0.4, -0.2) is 18.1 Å². The summed E-state index contributed by atoms with van der Waals surface area (Å²) in [5.41, 5.74) is 0. The van der Waals surface area contributed by atoms with Gasteiger partial charge in [0, 0.05) is 13.1 Å². The first-order chi connectivity index (χ1) is 6.66. The number of thiazole rings is 1. The van der Waals surface area contributed by atoms with Crippen LogP contribution in [0.15, 0.2) is 8.39 Å². The fourth-order valence-electron chi connectivity index (χ4n) is 1.77. The van der Waals surface area contributed by atoms with Crippen molar-refractivity contribution in [1.82, 2.24) is 4.98 Å². The SMILES string of the molecule is CC1CCCN(c2nc(Br)c(Br)s2)C1. The maximum Gasteiger partial charge on any atom is 0.187 e. The molecule has 1 aliphatic rings. The highest BCUT2D eigenvalue weighted by molar-refractivity contribution is 9.13. The fraction of sp³-hybridized carbons (Fsp3) is 0.667. The number of rotatable bonds is 1. The number of hydrogen-bond donors (Lipinski definition) is 0. The van der Waals surface area contributed by atoms with Crippen molar-refractivity contribution in [2.45, 2.75) is 19.8 Å². The smallest absolute Gasteiger partial charge is 0.187 e. The molecule has 5 heteroatoms. The van der Waals surface area contributed by atoms with Crippen molar-refractivity contribution in [3.05, 3.63) is 8.39 Å². The van der Waals surface area contributed by atoms with E-state index in [4.69, 9.17) is 0 Å². The zero-order chi connectivity index (χ0) is 10.1. The summed E-state index contributed by atoms with van der Waals surface area (Å²) in [6, 6.07) is 0.